The molecular formula is C29H34N2O5. The Bertz CT molecular complexity index is 1090. The van der Waals surface area contributed by atoms with Crippen LogP contribution in [0.1, 0.15) is 30.5 Å². The molecule has 0 saturated heterocycles. The minimum Gasteiger partial charge on any atom is -0.490 e. The Morgan fingerprint density at radius 3 is 2.08 bits per heavy atom. The zero-order valence-corrected chi connectivity index (χ0v) is 20.9. The van der Waals surface area contributed by atoms with Gasteiger partial charge < -0.3 is 24.8 Å². The molecule has 0 aliphatic carbocycles. The number of carbonyl (C=O) groups is 2. The lowest BCUT2D eigenvalue weighted by Gasteiger charge is -2.19. The minimum absolute atomic E-state index is 0.131. The third-order valence-corrected chi connectivity index (χ3v) is 5.42. The van der Waals surface area contributed by atoms with E-state index in [1.54, 1.807) is 0 Å². The molecule has 0 spiro atoms. The van der Waals surface area contributed by atoms with Crippen LogP contribution in [0.2, 0.25) is 0 Å². The fourth-order valence-electron chi connectivity index (χ4n) is 3.67. The summed E-state index contributed by atoms with van der Waals surface area (Å²) in [7, 11) is 0. The van der Waals surface area contributed by atoms with Crippen LogP contribution < -0.4 is 20.1 Å². The number of nitrogens with one attached hydrogen (secondary N) is 2. The predicted octanol–water partition coefficient (Wildman–Crippen LogP) is 4.68. The lowest BCUT2D eigenvalue weighted by atomic mass is 10.1. The molecule has 1 atom stereocenters. The van der Waals surface area contributed by atoms with Crippen molar-refractivity contribution < 1.29 is 23.8 Å². The number of alkyl carbamates (subject to hydrolysis) is 1. The van der Waals surface area contributed by atoms with E-state index >= 15 is 0 Å². The van der Waals surface area contributed by atoms with Crippen molar-refractivity contribution in [3.8, 4) is 11.5 Å². The van der Waals surface area contributed by atoms with Crippen molar-refractivity contribution in [1.82, 2.24) is 10.6 Å². The van der Waals surface area contributed by atoms with Gasteiger partial charge in [0.2, 0.25) is 5.91 Å². The van der Waals surface area contributed by atoms with E-state index < -0.39 is 12.1 Å². The monoisotopic (exact) mass is 490 g/mol. The van der Waals surface area contributed by atoms with Gasteiger partial charge in [-0.05, 0) is 49.1 Å². The maximum absolute atomic E-state index is 13.0. The van der Waals surface area contributed by atoms with E-state index in [-0.39, 0.29) is 12.5 Å². The van der Waals surface area contributed by atoms with Crippen molar-refractivity contribution in [3.05, 3.63) is 95.6 Å². The first kappa shape index (κ1) is 26.6. The van der Waals surface area contributed by atoms with E-state index in [1.165, 1.54) is 0 Å². The van der Waals surface area contributed by atoms with E-state index in [9.17, 15) is 9.59 Å². The summed E-state index contributed by atoms with van der Waals surface area (Å²) in [6.07, 6.45) is 0.321. The van der Waals surface area contributed by atoms with Gasteiger partial charge in [0.25, 0.3) is 0 Å². The molecule has 0 aromatic heterocycles. The van der Waals surface area contributed by atoms with Crippen LogP contribution in [0.3, 0.4) is 0 Å². The highest BCUT2D eigenvalue weighted by Gasteiger charge is 2.22. The summed E-state index contributed by atoms with van der Waals surface area (Å²) < 4.78 is 16.6. The first-order chi connectivity index (χ1) is 17.6. The molecule has 0 aliphatic heterocycles. The molecule has 3 aromatic rings. The van der Waals surface area contributed by atoms with Gasteiger partial charge in [0.1, 0.15) is 12.6 Å². The van der Waals surface area contributed by atoms with Crippen LogP contribution in [-0.2, 0) is 29.0 Å². The van der Waals surface area contributed by atoms with Crippen LogP contribution in [0.5, 0.6) is 11.5 Å². The van der Waals surface area contributed by atoms with Crippen LogP contribution in [0.25, 0.3) is 0 Å². The maximum atomic E-state index is 13.0. The molecule has 7 nitrogen and oxygen atoms in total. The highest BCUT2D eigenvalue weighted by molar-refractivity contribution is 5.85. The van der Waals surface area contributed by atoms with Crippen molar-refractivity contribution >= 4 is 12.0 Å². The zero-order valence-electron chi connectivity index (χ0n) is 20.9. The number of carbonyl (C=O) groups excluding carboxylic acids is 2. The number of hydrogen-bond acceptors (Lipinski definition) is 5. The van der Waals surface area contributed by atoms with Crippen LogP contribution in [-0.4, -0.2) is 37.8 Å². The first-order valence-electron chi connectivity index (χ1n) is 12.3. The lowest BCUT2D eigenvalue weighted by molar-refractivity contribution is -0.123. The average Bonchev–Trinajstić information content (AvgIpc) is 2.90. The van der Waals surface area contributed by atoms with Crippen molar-refractivity contribution in [2.45, 2.75) is 39.3 Å². The van der Waals surface area contributed by atoms with Gasteiger partial charge >= 0.3 is 6.09 Å². The number of hydrogen-bond donors (Lipinski definition) is 2. The molecular weight excluding hydrogens is 456 g/mol. The molecule has 0 radical (unpaired) electrons. The number of amides is 2. The molecule has 0 saturated carbocycles. The van der Waals surface area contributed by atoms with Gasteiger partial charge in [-0.2, -0.15) is 0 Å². The summed E-state index contributed by atoms with van der Waals surface area (Å²) in [5.74, 6) is 1.12. The Morgan fingerprint density at radius 1 is 0.778 bits per heavy atom. The molecule has 36 heavy (non-hydrogen) atoms. The maximum Gasteiger partial charge on any atom is 0.408 e. The quantitative estimate of drug-likeness (QED) is 0.363. The number of rotatable bonds is 13. The van der Waals surface area contributed by atoms with E-state index in [0.717, 1.165) is 16.7 Å². The van der Waals surface area contributed by atoms with Gasteiger partial charge in [-0.15, -0.1) is 0 Å². The summed E-state index contributed by atoms with van der Waals surface area (Å²) in [6.45, 7) is 5.48. The van der Waals surface area contributed by atoms with Gasteiger partial charge in [0.05, 0.1) is 13.2 Å². The SMILES string of the molecule is CCOc1ccc(CCNC(=O)[C@H](Cc2ccccc2)NC(=O)OCc2ccccc2)cc1OCC. The first-order valence-corrected chi connectivity index (χ1v) is 12.3. The Labute approximate surface area is 212 Å². The lowest BCUT2D eigenvalue weighted by Crippen LogP contribution is -2.48. The van der Waals surface area contributed by atoms with Crippen molar-refractivity contribution in [2.75, 3.05) is 19.8 Å². The minimum atomic E-state index is -0.769. The van der Waals surface area contributed by atoms with Gasteiger partial charge in [-0.1, -0.05) is 66.7 Å². The Balaban J connectivity index is 1.58. The van der Waals surface area contributed by atoms with Crippen LogP contribution >= 0.6 is 0 Å². The molecule has 0 bridgehead atoms. The second kappa shape index (κ2) is 14.4. The van der Waals surface area contributed by atoms with E-state index in [2.05, 4.69) is 10.6 Å². The molecule has 3 aromatic carbocycles. The summed E-state index contributed by atoms with van der Waals surface area (Å²) >= 11 is 0. The van der Waals surface area contributed by atoms with Gasteiger partial charge in [0, 0.05) is 13.0 Å². The Morgan fingerprint density at radius 2 is 1.42 bits per heavy atom. The molecule has 0 unspecified atom stereocenters. The highest BCUT2D eigenvalue weighted by atomic mass is 16.5. The summed E-state index contributed by atoms with van der Waals surface area (Å²) in [4.78, 5) is 25.5. The molecule has 3 rings (SSSR count). The summed E-state index contributed by atoms with van der Waals surface area (Å²) in [5.41, 5.74) is 2.82. The standard InChI is InChI=1S/C29H34N2O5/c1-3-34-26-16-15-23(20-27(26)35-4-2)17-18-30-28(32)25(19-22-11-7-5-8-12-22)31-29(33)36-21-24-13-9-6-10-14-24/h5-16,20,25H,3-4,17-19,21H2,1-2H3,(H,30,32)(H,31,33)/t25-/m0/s1. The molecule has 0 heterocycles. The molecule has 0 fully saturated rings. The summed E-state index contributed by atoms with van der Waals surface area (Å²) in [6, 6.07) is 24.0. The molecule has 2 amide bonds. The van der Waals surface area contributed by atoms with Crippen molar-refractivity contribution in [3.63, 3.8) is 0 Å². The van der Waals surface area contributed by atoms with Crippen LogP contribution in [0.15, 0.2) is 78.9 Å². The Hall–Kier alpha value is -4.00. The van der Waals surface area contributed by atoms with E-state index in [0.29, 0.717) is 44.1 Å². The van der Waals surface area contributed by atoms with Crippen molar-refractivity contribution in [1.29, 1.82) is 0 Å². The van der Waals surface area contributed by atoms with Crippen LogP contribution in [0, 0.1) is 0 Å². The number of ether oxygens (including phenoxy) is 3. The highest BCUT2D eigenvalue weighted by Crippen LogP contribution is 2.28. The fraction of sp³-hybridized carbons (Fsp3) is 0.310. The van der Waals surface area contributed by atoms with Gasteiger partial charge in [0.15, 0.2) is 11.5 Å². The fourth-order valence-corrected chi connectivity index (χ4v) is 3.67. The normalized spacial score (nSPS) is 11.3. The molecule has 7 heteroatoms. The van der Waals surface area contributed by atoms with Gasteiger partial charge in [-0.3, -0.25) is 4.79 Å². The summed E-state index contributed by atoms with van der Waals surface area (Å²) in [5, 5.41) is 5.66. The van der Waals surface area contributed by atoms with E-state index in [4.69, 9.17) is 14.2 Å². The molecule has 190 valence electrons. The topological polar surface area (TPSA) is 85.9 Å². The average molecular weight is 491 g/mol. The second-order valence-corrected chi connectivity index (χ2v) is 8.14. The van der Waals surface area contributed by atoms with Crippen molar-refractivity contribution in [2.24, 2.45) is 0 Å². The molecule has 0 aliphatic rings. The predicted molar refractivity (Wildman–Crippen MR) is 139 cm³/mol. The number of benzene rings is 3. The van der Waals surface area contributed by atoms with E-state index in [1.807, 2.05) is 92.7 Å². The second-order valence-electron chi connectivity index (χ2n) is 8.14. The third-order valence-electron chi connectivity index (χ3n) is 5.42. The van der Waals surface area contributed by atoms with Gasteiger partial charge in [-0.25, -0.2) is 4.79 Å². The molecule has 2 N–H and O–H groups in total. The zero-order chi connectivity index (χ0) is 25.6. The van der Waals surface area contributed by atoms with Crippen LogP contribution in [0.4, 0.5) is 4.79 Å². The smallest absolute Gasteiger partial charge is 0.408 e. The third kappa shape index (κ3) is 8.65. The largest absolute Gasteiger partial charge is 0.490 e. The Kier molecular flexibility index (Phi) is 10.6.